The molecule has 1 amide bonds. The van der Waals surface area contributed by atoms with Crippen LogP contribution in [0.3, 0.4) is 0 Å². The number of halogens is 2. The molecule has 3 atom stereocenters. The van der Waals surface area contributed by atoms with E-state index in [9.17, 15) is 4.79 Å². The van der Waals surface area contributed by atoms with E-state index in [1.165, 1.54) is 0 Å². The van der Waals surface area contributed by atoms with Crippen LogP contribution in [0.5, 0.6) is 0 Å². The van der Waals surface area contributed by atoms with Gasteiger partial charge in [-0.2, -0.15) is 0 Å². The predicted molar refractivity (Wildman–Crippen MR) is 70.3 cm³/mol. The number of amides is 1. The smallest absolute Gasteiger partial charge is 0.223 e. The van der Waals surface area contributed by atoms with Gasteiger partial charge in [0.05, 0.1) is 16.1 Å². The van der Waals surface area contributed by atoms with Crippen molar-refractivity contribution < 1.29 is 4.79 Å². The Kier molecular flexibility index (Phi) is 3.64. The second kappa shape index (κ2) is 4.87. The first kappa shape index (κ1) is 12.7. The summed E-state index contributed by atoms with van der Waals surface area (Å²) < 4.78 is 0. The predicted octanol–water partition coefficient (Wildman–Crippen LogP) is 3.83. The Bertz CT molecular complexity index is 447. The minimum absolute atomic E-state index is 0.0370. The Morgan fingerprint density at radius 3 is 2.59 bits per heavy atom. The minimum Gasteiger partial charge on any atom is -0.349 e. The lowest BCUT2D eigenvalue weighted by Crippen LogP contribution is -2.28. The summed E-state index contributed by atoms with van der Waals surface area (Å²) in [6.07, 6.45) is 1.000. The average Bonchev–Trinajstić information content (AvgIpc) is 2.99. The van der Waals surface area contributed by atoms with E-state index in [1.54, 1.807) is 12.1 Å². The summed E-state index contributed by atoms with van der Waals surface area (Å²) in [7, 11) is 0. The maximum atomic E-state index is 11.8. The fourth-order valence-electron chi connectivity index (χ4n) is 1.87. The first-order valence-electron chi connectivity index (χ1n) is 5.74. The second-order valence-corrected chi connectivity index (χ2v) is 5.54. The van der Waals surface area contributed by atoms with E-state index in [-0.39, 0.29) is 17.9 Å². The van der Waals surface area contributed by atoms with Crippen molar-refractivity contribution in [2.24, 2.45) is 11.8 Å². The van der Waals surface area contributed by atoms with Crippen molar-refractivity contribution in [3.05, 3.63) is 33.8 Å². The van der Waals surface area contributed by atoms with Crippen LogP contribution in [0, 0.1) is 11.8 Å². The van der Waals surface area contributed by atoms with Crippen LogP contribution in [0.4, 0.5) is 0 Å². The standard InChI is InChI=1S/C13H15Cl2NO/c1-7-5-10(7)13(17)16-8(2)9-3-4-11(14)12(15)6-9/h3-4,6-8,10H,5H2,1-2H3,(H,16,17). The summed E-state index contributed by atoms with van der Waals surface area (Å²) in [4.78, 5) is 11.8. The Balaban J connectivity index is 2.01. The molecule has 1 N–H and O–H groups in total. The van der Waals surface area contributed by atoms with Crippen molar-refractivity contribution in [1.29, 1.82) is 0 Å². The first-order chi connectivity index (χ1) is 7.99. The highest BCUT2D eigenvalue weighted by atomic mass is 35.5. The summed E-state index contributed by atoms with van der Waals surface area (Å²) in [5.41, 5.74) is 0.973. The van der Waals surface area contributed by atoms with Crippen LogP contribution >= 0.6 is 23.2 Å². The van der Waals surface area contributed by atoms with Gasteiger partial charge in [-0.1, -0.05) is 36.2 Å². The molecule has 92 valence electrons. The summed E-state index contributed by atoms with van der Waals surface area (Å²) in [6, 6.07) is 5.40. The maximum absolute atomic E-state index is 11.8. The zero-order valence-electron chi connectivity index (χ0n) is 9.84. The third kappa shape index (κ3) is 2.93. The molecule has 0 aromatic heterocycles. The lowest BCUT2D eigenvalue weighted by molar-refractivity contribution is -0.123. The number of carbonyl (C=O) groups is 1. The van der Waals surface area contributed by atoms with Crippen molar-refractivity contribution in [1.82, 2.24) is 5.32 Å². The van der Waals surface area contributed by atoms with Gasteiger partial charge in [-0.3, -0.25) is 4.79 Å². The fraction of sp³-hybridized carbons (Fsp3) is 0.462. The van der Waals surface area contributed by atoms with Crippen molar-refractivity contribution in [3.63, 3.8) is 0 Å². The van der Waals surface area contributed by atoms with Gasteiger partial charge < -0.3 is 5.32 Å². The number of hydrogen-bond donors (Lipinski definition) is 1. The van der Waals surface area contributed by atoms with Gasteiger partial charge in [0, 0.05) is 5.92 Å². The maximum Gasteiger partial charge on any atom is 0.223 e. The van der Waals surface area contributed by atoms with Crippen molar-refractivity contribution in [3.8, 4) is 0 Å². The van der Waals surface area contributed by atoms with Crippen LogP contribution in [-0.2, 0) is 4.79 Å². The molecule has 2 rings (SSSR count). The van der Waals surface area contributed by atoms with Gasteiger partial charge in [-0.05, 0) is 37.0 Å². The Morgan fingerprint density at radius 2 is 2.06 bits per heavy atom. The molecule has 1 saturated carbocycles. The lowest BCUT2D eigenvalue weighted by Gasteiger charge is -2.15. The van der Waals surface area contributed by atoms with Crippen LogP contribution in [0.2, 0.25) is 10.0 Å². The molecule has 1 aromatic carbocycles. The third-order valence-electron chi connectivity index (χ3n) is 3.25. The normalized spacial score (nSPS) is 24.2. The van der Waals surface area contributed by atoms with Crippen LogP contribution in [-0.4, -0.2) is 5.91 Å². The highest BCUT2D eigenvalue weighted by Crippen LogP contribution is 2.38. The van der Waals surface area contributed by atoms with Crippen molar-refractivity contribution in [2.75, 3.05) is 0 Å². The van der Waals surface area contributed by atoms with Gasteiger partial charge in [0.15, 0.2) is 0 Å². The quantitative estimate of drug-likeness (QED) is 0.890. The zero-order chi connectivity index (χ0) is 12.6. The van der Waals surface area contributed by atoms with Gasteiger partial charge in [0.25, 0.3) is 0 Å². The summed E-state index contributed by atoms with van der Waals surface area (Å²) >= 11 is 11.8. The fourth-order valence-corrected chi connectivity index (χ4v) is 2.18. The Hall–Kier alpha value is -0.730. The van der Waals surface area contributed by atoms with Gasteiger partial charge in [-0.25, -0.2) is 0 Å². The molecule has 0 aliphatic heterocycles. The lowest BCUT2D eigenvalue weighted by atomic mass is 10.1. The van der Waals surface area contributed by atoms with E-state index in [2.05, 4.69) is 12.2 Å². The molecule has 17 heavy (non-hydrogen) atoms. The molecule has 2 nitrogen and oxygen atoms in total. The number of hydrogen-bond acceptors (Lipinski definition) is 1. The molecule has 0 bridgehead atoms. The number of rotatable bonds is 3. The Morgan fingerprint density at radius 1 is 1.41 bits per heavy atom. The molecular formula is C13H15Cl2NO. The number of benzene rings is 1. The molecule has 1 aromatic rings. The molecule has 4 heteroatoms. The average molecular weight is 272 g/mol. The molecule has 3 unspecified atom stereocenters. The minimum atomic E-state index is -0.0370. The topological polar surface area (TPSA) is 29.1 Å². The van der Waals surface area contributed by atoms with E-state index < -0.39 is 0 Å². The highest BCUT2D eigenvalue weighted by Gasteiger charge is 2.39. The summed E-state index contributed by atoms with van der Waals surface area (Å²) in [5, 5.41) is 4.05. The van der Waals surface area contributed by atoms with Crippen molar-refractivity contribution >= 4 is 29.1 Å². The van der Waals surface area contributed by atoms with Crippen LogP contribution in [0.25, 0.3) is 0 Å². The molecular weight excluding hydrogens is 257 g/mol. The highest BCUT2D eigenvalue weighted by molar-refractivity contribution is 6.42. The van der Waals surface area contributed by atoms with E-state index in [0.717, 1.165) is 12.0 Å². The molecule has 1 aliphatic rings. The SMILES string of the molecule is CC(NC(=O)C1CC1C)c1ccc(Cl)c(Cl)c1. The van der Waals surface area contributed by atoms with Gasteiger partial charge in [0.2, 0.25) is 5.91 Å². The van der Waals surface area contributed by atoms with E-state index >= 15 is 0 Å². The largest absolute Gasteiger partial charge is 0.349 e. The van der Waals surface area contributed by atoms with E-state index in [4.69, 9.17) is 23.2 Å². The molecule has 0 heterocycles. The van der Waals surface area contributed by atoms with Gasteiger partial charge >= 0.3 is 0 Å². The number of nitrogens with one attached hydrogen (secondary N) is 1. The zero-order valence-corrected chi connectivity index (χ0v) is 11.3. The van der Waals surface area contributed by atoms with Crippen LogP contribution < -0.4 is 5.32 Å². The molecule has 0 spiro atoms. The molecule has 1 fully saturated rings. The number of carbonyl (C=O) groups excluding carboxylic acids is 1. The third-order valence-corrected chi connectivity index (χ3v) is 3.99. The molecule has 0 radical (unpaired) electrons. The molecule has 1 aliphatic carbocycles. The van der Waals surface area contributed by atoms with E-state index in [0.29, 0.717) is 16.0 Å². The Labute approximate surface area is 111 Å². The first-order valence-corrected chi connectivity index (χ1v) is 6.50. The van der Waals surface area contributed by atoms with Gasteiger partial charge in [0.1, 0.15) is 0 Å². The van der Waals surface area contributed by atoms with Crippen LogP contribution in [0.15, 0.2) is 18.2 Å². The van der Waals surface area contributed by atoms with Gasteiger partial charge in [-0.15, -0.1) is 0 Å². The molecule has 0 saturated heterocycles. The van der Waals surface area contributed by atoms with E-state index in [1.807, 2.05) is 13.0 Å². The summed E-state index contributed by atoms with van der Waals surface area (Å²) in [5.74, 6) is 0.854. The monoisotopic (exact) mass is 271 g/mol. The van der Waals surface area contributed by atoms with Crippen molar-refractivity contribution in [2.45, 2.75) is 26.3 Å². The summed E-state index contributed by atoms with van der Waals surface area (Å²) in [6.45, 7) is 4.04. The second-order valence-electron chi connectivity index (χ2n) is 4.72. The van der Waals surface area contributed by atoms with Crippen LogP contribution in [0.1, 0.15) is 31.9 Å².